The predicted octanol–water partition coefficient (Wildman–Crippen LogP) is 3.79. The van der Waals surface area contributed by atoms with Crippen molar-refractivity contribution in [3.8, 4) is 0 Å². The molecule has 0 saturated carbocycles. The second kappa shape index (κ2) is 8.36. The standard InChI is InChI=1S/C20H17ClN2O3/c21-17-8-6-14(7-9-17)12-22-19(24)15-3-1-4-16(11-15)20(25)23-13-18-5-2-10-26-18/h1-11H,12-13H2,(H,22,24)(H,23,25). The topological polar surface area (TPSA) is 71.3 Å². The SMILES string of the molecule is O=C(NCc1ccc(Cl)cc1)c1cccc(C(=O)NCc2ccco2)c1. The zero-order chi connectivity index (χ0) is 18.4. The molecule has 0 spiro atoms. The lowest BCUT2D eigenvalue weighted by Gasteiger charge is -2.08. The van der Waals surface area contributed by atoms with Crippen LogP contribution in [0, 0.1) is 0 Å². The van der Waals surface area contributed by atoms with E-state index < -0.39 is 0 Å². The summed E-state index contributed by atoms with van der Waals surface area (Å²) in [5.41, 5.74) is 1.77. The molecule has 0 aliphatic rings. The molecule has 2 aromatic carbocycles. The molecule has 0 bridgehead atoms. The average molecular weight is 369 g/mol. The molecule has 0 atom stereocenters. The number of furan rings is 1. The fourth-order valence-corrected chi connectivity index (χ4v) is 2.50. The van der Waals surface area contributed by atoms with Crippen LogP contribution in [0.4, 0.5) is 0 Å². The van der Waals surface area contributed by atoms with Crippen LogP contribution >= 0.6 is 11.6 Å². The van der Waals surface area contributed by atoms with Crippen molar-refractivity contribution >= 4 is 23.4 Å². The first-order chi connectivity index (χ1) is 12.6. The van der Waals surface area contributed by atoms with Crippen molar-refractivity contribution in [1.29, 1.82) is 0 Å². The molecule has 0 fully saturated rings. The van der Waals surface area contributed by atoms with Crippen LogP contribution in [0.15, 0.2) is 71.3 Å². The molecule has 2 N–H and O–H groups in total. The van der Waals surface area contributed by atoms with Crippen LogP contribution in [0.2, 0.25) is 5.02 Å². The molecule has 0 aliphatic carbocycles. The Morgan fingerprint density at radius 1 is 0.846 bits per heavy atom. The van der Waals surface area contributed by atoms with E-state index in [1.54, 1.807) is 54.8 Å². The van der Waals surface area contributed by atoms with E-state index in [0.29, 0.717) is 35.0 Å². The van der Waals surface area contributed by atoms with E-state index in [-0.39, 0.29) is 11.8 Å². The molecule has 6 heteroatoms. The molecule has 26 heavy (non-hydrogen) atoms. The number of hydrogen-bond donors (Lipinski definition) is 2. The number of hydrogen-bond acceptors (Lipinski definition) is 3. The quantitative estimate of drug-likeness (QED) is 0.695. The van der Waals surface area contributed by atoms with Crippen molar-refractivity contribution in [3.63, 3.8) is 0 Å². The lowest BCUT2D eigenvalue weighted by atomic mass is 10.1. The molecule has 132 valence electrons. The summed E-state index contributed by atoms with van der Waals surface area (Å²) in [5, 5.41) is 6.23. The van der Waals surface area contributed by atoms with Crippen molar-refractivity contribution in [2.45, 2.75) is 13.1 Å². The first-order valence-electron chi connectivity index (χ1n) is 8.05. The molecule has 0 aliphatic heterocycles. The number of halogens is 1. The molecule has 0 radical (unpaired) electrons. The minimum atomic E-state index is -0.270. The lowest BCUT2D eigenvalue weighted by molar-refractivity contribution is 0.0948. The Hall–Kier alpha value is -3.05. The first kappa shape index (κ1) is 17.8. The van der Waals surface area contributed by atoms with Gasteiger partial charge in [0.2, 0.25) is 0 Å². The zero-order valence-corrected chi connectivity index (χ0v) is 14.6. The van der Waals surface area contributed by atoms with Crippen molar-refractivity contribution < 1.29 is 14.0 Å². The van der Waals surface area contributed by atoms with Crippen LogP contribution in [-0.4, -0.2) is 11.8 Å². The van der Waals surface area contributed by atoms with Gasteiger partial charge in [-0.15, -0.1) is 0 Å². The molecule has 3 aromatic rings. The molecule has 1 heterocycles. The van der Waals surface area contributed by atoms with E-state index in [1.165, 1.54) is 0 Å². The fourth-order valence-electron chi connectivity index (χ4n) is 2.37. The zero-order valence-electron chi connectivity index (χ0n) is 13.9. The summed E-state index contributed by atoms with van der Waals surface area (Å²) in [7, 11) is 0. The van der Waals surface area contributed by atoms with Crippen LogP contribution in [0.1, 0.15) is 32.0 Å². The van der Waals surface area contributed by atoms with Gasteiger partial charge in [-0.3, -0.25) is 9.59 Å². The highest BCUT2D eigenvalue weighted by atomic mass is 35.5. The van der Waals surface area contributed by atoms with Gasteiger partial charge in [0.05, 0.1) is 12.8 Å². The van der Waals surface area contributed by atoms with Crippen LogP contribution in [-0.2, 0) is 13.1 Å². The van der Waals surface area contributed by atoms with Gasteiger partial charge >= 0.3 is 0 Å². The molecule has 5 nitrogen and oxygen atoms in total. The number of amides is 2. The Bertz CT molecular complexity index is 890. The minimum absolute atomic E-state index is 0.249. The van der Waals surface area contributed by atoms with E-state index in [2.05, 4.69) is 10.6 Å². The van der Waals surface area contributed by atoms with Gasteiger partial charge in [0.15, 0.2) is 0 Å². The summed E-state index contributed by atoms with van der Waals surface area (Å²) in [6.45, 7) is 0.670. The second-order valence-electron chi connectivity index (χ2n) is 5.65. The van der Waals surface area contributed by atoms with Crippen LogP contribution < -0.4 is 10.6 Å². The highest BCUT2D eigenvalue weighted by Crippen LogP contribution is 2.10. The summed E-state index contributed by atoms with van der Waals surface area (Å²) in [6, 6.07) is 17.3. The number of benzene rings is 2. The van der Waals surface area contributed by atoms with Crippen molar-refractivity contribution in [2.75, 3.05) is 0 Å². The third kappa shape index (κ3) is 4.74. The maximum absolute atomic E-state index is 12.3. The minimum Gasteiger partial charge on any atom is -0.467 e. The summed E-state index contributed by atoms with van der Waals surface area (Å²) in [4.78, 5) is 24.5. The van der Waals surface area contributed by atoms with E-state index in [1.807, 2.05) is 12.1 Å². The van der Waals surface area contributed by atoms with Gasteiger partial charge in [-0.25, -0.2) is 0 Å². The Balaban J connectivity index is 1.59. The maximum Gasteiger partial charge on any atom is 0.251 e. The monoisotopic (exact) mass is 368 g/mol. The van der Waals surface area contributed by atoms with Gasteiger partial charge in [0.25, 0.3) is 11.8 Å². The third-order valence-electron chi connectivity index (χ3n) is 3.76. The Kier molecular flexibility index (Phi) is 5.71. The molecular formula is C20H17ClN2O3. The van der Waals surface area contributed by atoms with Gasteiger partial charge in [0, 0.05) is 22.7 Å². The highest BCUT2D eigenvalue weighted by molar-refractivity contribution is 6.30. The predicted molar refractivity (Wildman–Crippen MR) is 98.9 cm³/mol. The summed E-state index contributed by atoms with van der Waals surface area (Å²) >= 11 is 5.84. The smallest absolute Gasteiger partial charge is 0.251 e. The maximum atomic E-state index is 12.3. The van der Waals surface area contributed by atoms with Gasteiger partial charge in [-0.1, -0.05) is 29.8 Å². The van der Waals surface area contributed by atoms with E-state index in [9.17, 15) is 9.59 Å². The Morgan fingerprint density at radius 2 is 1.50 bits per heavy atom. The fraction of sp³-hybridized carbons (Fsp3) is 0.100. The van der Waals surface area contributed by atoms with Crippen molar-refractivity contribution in [1.82, 2.24) is 10.6 Å². The molecule has 0 saturated heterocycles. The highest BCUT2D eigenvalue weighted by Gasteiger charge is 2.11. The van der Waals surface area contributed by atoms with Crippen LogP contribution in [0.5, 0.6) is 0 Å². The van der Waals surface area contributed by atoms with Gasteiger partial charge in [-0.2, -0.15) is 0 Å². The average Bonchev–Trinajstić information content (AvgIpc) is 3.19. The normalized spacial score (nSPS) is 10.3. The van der Waals surface area contributed by atoms with Crippen molar-refractivity contribution in [2.24, 2.45) is 0 Å². The molecular weight excluding hydrogens is 352 g/mol. The van der Waals surface area contributed by atoms with Crippen molar-refractivity contribution in [3.05, 3.63) is 94.4 Å². The van der Waals surface area contributed by atoms with E-state index in [4.69, 9.17) is 16.0 Å². The summed E-state index contributed by atoms with van der Waals surface area (Å²) < 4.78 is 5.18. The Morgan fingerprint density at radius 3 is 2.12 bits per heavy atom. The number of rotatable bonds is 6. The number of nitrogens with one attached hydrogen (secondary N) is 2. The summed E-state index contributed by atoms with van der Waals surface area (Å²) in [5.74, 6) is 0.143. The van der Waals surface area contributed by atoms with E-state index in [0.717, 1.165) is 5.56 Å². The molecule has 3 rings (SSSR count). The third-order valence-corrected chi connectivity index (χ3v) is 4.01. The second-order valence-corrected chi connectivity index (χ2v) is 6.09. The molecule has 1 aromatic heterocycles. The first-order valence-corrected chi connectivity index (χ1v) is 8.43. The molecule has 2 amide bonds. The van der Waals surface area contributed by atoms with Gasteiger partial charge in [0.1, 0.15) is 5.76 Å². The Labute approximate surface area is 156 Å². The largest absolute Gasteiger partial charge is 0.467 e. The van der Waals surface area contributed by atoms with Gasteiger partial charge in [-0.05, 0) is 48.0 Å². The lowest BCUT2D eigenvalue weighted by Crippen LogP contribution is -2.25. The van der Waals surface area contributed by atoms with Gasteiger partial charge < -0.3 is 15.1 Å². The number of carbonyl (C=O) groups excluding carboxylic acids is 2. The summed E-state index contributed by atoms with van der Waals surface area (Å²) in [6.07, 6.45) is 1.55. The van der Waals surface area contributed by atoms with Crippen LogP contribution in [0.3, 0.4) is 0 Å². The van der Waals surface area contributed by atoms with Crippen LogP contribution in [0.25, 0.3) is 0 Å². The molecule has 0 unspecified atom stereocenters. The van der Waals surface area contributed by atoms with E-state index >= 15 is 0 Å². The number of carbonyl (C=O) groups is 2.